The zero-order valence-corrected chi connectivity index (χ0v) is 11.8. The summed E-state index contributed by atoms with van der Waals surface area (Å²) in [5.41, 5.74) is 0. The number of aryl methyl sites for hydroxylation is 1. The van der Waals surface area contributed by atoms with Crippen molar-refractivity contribution in [3.05, 3.63) is 20.3 Å². The molecule has 15 heavy (non-hydrogen) atoms. The molecule has 0 saturated heterocycles. The first-order chi connectivity index (χ1) is 7.08. The average Bonchev–Trinajstić information content (AvgIpc) is 2.55. The molecule has 1 aromatic rings. The summed E-state index contributed by atoms with van der Waals surface area (Å²) in [5, 5.41) is 12.8. The molecule has 1 rings (SSSR count). The number of aliphatic hydroxyl groups excluding tert-OH is 1. The van der Waals surface area contributed by atoms with Crippen molar-refractivity contribution in [3.63, 3.8) is 0 Å². The standard InChI is InChI=1S/C11H18BrNOS/c1-4-7(2)13-10(6-14)11-5-9(12)8(3)15-11/h5,7,10,13-14H,4,6H2,1-3H3. The zero-order valence-electron chi connectivity index (χ0n) is 9.38. The third kappa shape index (κ3) is 3.55. The van der Waals surface area contributed by atoms with Crippen molar-refractivity contribution in [3.8, 4) is 0 Å². The van der Waals surface area contributed by atoms with Gasteiger partial charge in [0.15, 0.2) is 0 Å². The molecule has 2 unspecified atom stereocenters. The van der Waals surface area contributed by atoms with E-state index in [0.717, 1.165) is 10.9 Å². The molecule has 0 aliphatic heterocycles. The van der Waals surface area contributed by atoms with Gasteiger partial charge in [-0.1, -0.05) is 6.92 Å². The van der Waals surface area contributed by atoms with Crippen LogP contribution in [0.2, 0.25) is 0 Å². The quantitative estimate of drug-likeness (QED) is 0.873. The highest BCUT2D eigenvalue weighted by Crippen LogP contribution is 2.30. The van der Waals surface area contributed by atoms with E-state index in [1.165, 1.54) is 9.75 Å². The number of halogens is 1. The second kappa shape index (κ2) is 5.99. The second-order valence-electron chi connectivity index (χ2n) is 3.76. The van der Waals surface area contributed by atoms with E-state index in [4.69, 9.17) is 0 Å². The van der Waals surface area contributed by atoms with Crippen molar-refractivity contribution in [2.75, 3.05) is 6.61 Å². The van der Waals surface area contributed by atoms with E-state index in [9.17, 15) is 5.11 Å². The van der Waals surface area contributed by atoms with E-state index in [-0.39, 0.29) is 12.6 Å². The first-order valence-electron chi connectivity index (χ1n) is 5.21. The molecular weight excluding hydrogens is 274 g/mol. The van der Waals surface area contributed by atoms with Crippen LogP contribution >= 0.6 is 27.3 Å². The molecule has 0 aromatic carbocycles. The van der Waals surface area contributed by atoms with Crippen molar-refractivity contribution in [1.82, 2.24) is 5.32 Å². The van der Waals surface area contributed by atoms with Gasteiger partial charge in [0.25, 0.3) is 0 Å². The summed E-state index contributed by atoms with van der Waals surface area (Å²) in [6.07, 6.45) is 1.07. The molecule has 1 heterocycles. The van der Waals surface area contributed by atoms with Gasteiger partial charge in [-0.3, -0.25) is 0 Å². The Hall–Kier alpha value is 0.1000. The SMILES string of the molecule is CCC(C)NC(CO)c1cc(Br)c(C)s1. The van der Waals surface area contributed by atoms with Crippen LogP contribution in [0.1, 0.15) is 36.1 Å². The van der Waals surface area contributed by atoms with Crippen LogP contribution in [0, 0.1) is 6.92 Å². The molecule has 2 atom stereocenters. The maximum atomic E-state index is 9.35. The number of hydrogen-bond acceptors (Lipinski definition) is 3. The van der Waals surface area contributed by atoms with Gasteiger partial charge < -0.3 is 10.4 Å². The molecule has 0 radical (unpaired) electrons. The lowest BCUT2D eigenvalue weighted by Crippen LogP contribution is -2.31. The van der Waals surface area contributed by atoms with Crippen LogP contribution in [-0.2, 0) is 0 Å². The van der Waals surface area contributed by atoms with Crippen LogP contribution in [0.15, 0.2) is 10.5 Å². The Bertz CT molecular complexity index is 294. The van der Waals surface area contributed by atoms with Crippen LogP contribution in [-0.4, -0.2) is 17.8 Å². The summed E-state index contributed by atoms with van der Waals surface area (Å²) in [7, 11) is 0. The summed E-state index contributed by atoms with van der Waals surface area (Å²) < 4.78 is 1.13. The zero-order chi connectivity index (χ0) is 11.4. The lowest BCUT2D eigenvalue weighted by Gasteiger charge is -2.19. The van der Waals surface area contributed by atoms with Gasteiger partial charge in [-0.15, -0.1) is 11.3 Å². The third-order valence-corrected chi connectivity index (χ3v) is 4.75. The van der Waals surface area contributed by atoms with Gasteiger partial charge >= 0.3 is 0 Å². The van der Waals surface area contributed by atoms with Crippen LogP contribution in [0.25, 0.3) is 0 Å². The molecule has 0 aliphatic carbocycles. The van der Waals surface area contributed by atoms with Gasteiger partial charge in [0, 0.05) is 20.3 Å². The number of nitrogens with one attached hydrogen (secondary N) is 1. The van der Waals surface area contributed by atoms with Crippen LogP contribution in [0.3, 0.4) is 0 Å². The summed E-state index contributed by atoms with van der Waals surface area (Å²) in [4.78, 5) is 2.46. The van der Waals surface area contributed by atoms with Gasteiger partial charge in [0.1, 0.15) is 0 Å². The van der Waals surface area contributed by atoms with Gasteiger partial charge in [0.2, 0.25) is 0 Å². The van der Waals surface area contributed by atoms with Crippen molar-refractivity contribution in [2.24, 2.45) is 0 Å². The Kier molecular flexibility index (Phi) is 5.26. The minimum absolute atomic E-state index is 0.0648. The van der Waals surface area contributed by atoms with E-state index >= 15 is 0 Å². The Labute approximate surface area is 104 Å². The van der Waals surface area contributed by atoms with Gasteiger partial charge in [-0.25, -0.2) is 0 Å². The van der Waals surface area contributed by atoms with Gasteiger partial charge in [-0.2, -0.15) is 0 Å². The van der Waals surface area contributed by atoms with Crippen LogP contribution in [0.4, 0.5) is 0 Å². The molecule has 2 N–H and O–H groups in total. The number of thiophene rings is 1. The van der Waals surface area contributed by atoms with Crippen LogP contribution < -0.4 is 5.32 Å². The van der Waals surface area contributed by atoms with Crippen molar-refractivity contribution in [2.45, 2.75) is 39.3 Å². The van der Waals surface area contributed by atoms with E-state index < -0.39 is 0 Å². The van der Waals surface area contributed by atoms with Gasteiger partial charge in [-0.05, 0) is 42.3 Å². The molecule has 0 amide bonds. The van der Waals surface area contributed by atoms with E-state index in [1.54, 1.807) is 11.3 Å². The Balaban J connectivity index is 2.74. The first-order valence-corrected chi connectivity index (χ1v) is 6.82. The molecule has 86 valence electrons. The van der Waals surface area contributed by atoms with E-state index in [1.807, 2.05) is 0 Å². The maximum Gasteiger partial charge on any atom is 0.0652 e. The molecule has 0 saturated carbocycles. The second-order valence-corrected chi connectivity index (χ2v) is 5.91. The van der Waals surface area contributed by atoms with E-state index in [2.05, 4.69) is 48.1 Å². The summed E-state index contributed by atoms with van der Waals surface area (Å²) in [6.45, 7) is 6.51. The highest BCUT2D eigenvalue weighted by Gasteiger charge is 2.15. The summed E-state index contributed by atoms with van der Waals surface area (Å²) in [5.74, 6) is 0. The fourth-order valence-corrected chi connectivity index (χ4v) is 2.95. The Morgan fingerprint density at radius 2 is 2.27 bits per heavy atom. The molecule has 1 aromatic heterocycles. The Morgan fingerprint density at radius 3 is 2.67 bits per heavy atom. The topological polar surface area (TPSA) is 32.3 Å². The number of aliphatic hydroxyl groups is 1. The number of rotatable bonds is 5. The first kappa shape index (κ1) is 13.2. The summed E-state index contributed by atoms with van der Waals surface area (Å²) >= 11 is 5.23. The van der Waals surface area contributed by atoms with Crippen molar-refractivity contribution >= 4 is 27.3 Å². The van der Waals surface area contributed by atoms with Crippen molar-refractivity contribution in [1.29, 1.82) is 0 Å². The molecule has 0 bridgehead atoms. The Morgan fingerprint density at radius 1 is 1.60 bits per heavy atom. The lowest BCUT2D eigenvalue weighted by molar-refractivity contribution is 0.236. The predicted octanol–water partition coefficient (Wildman–Crippen LogP) is 3.24. The average molecular weight is 292 g/mol. The highest BCUT2D eigenvalue weighted by molar-refractivity contribution is 9.10. The van der Waals surface area contributed by atoms with Crippen molar-refractivity contribution < 1.29 is 5.11 Å². The molecule has 0 aliphatic rings. The minimum Gasteiger partial charge on any atom is -0.394 e. The van der Waals surface area contributed by atoms with Gasteiger partial charge in [0.05, 0.1) is 12.6 Å². The van der Waals surface area contributed by atoms with E-state index in [0.29, 0.717) is 6.04 Å². The largest absolute Gasteiger partial charge is 0.394 e. The number of hydrogen-bond donors (Lipinski definition) is 2. The monoisotopic (exact) mass is 291 g/mol. The fraction of sp³-hybridized carbons (Fsp3) is 0.636. The predicted molar refractivity (Wildman–Crippen MR) is 69.5 cm³/mol. The smallest absolute Gasteiger partial charge is 0.0652 e. The third-order valence-electron chi connectivity index (χ3n) is 2.50. The fourth-order valence-electron chi connectivity index (χ4n) is 1.34. The molecule has 0 spiro atoms. The highest BCUT2D eigenvalue weighted by atomic mass is 79.9. The minimum atomic E-state index is 0.0648. The summed E-state index contributed by atoms with van der Waals surface area (Å²) in [6, 6.07) is 2.59. The van der Waals surface area contributed by atoms with Crippen LogP contribution in [0.5, 0.6) is 0 Å². The maximum absolute atomic E-state index is 9.35. The molecule has 4 heteroatoms. The molecular formula is C11H18BrNOS. The normalized spacial score (nSPS) is 15.3. The lowest BCUT2D eigenvalue weighted by atomic mass is 10.2. The molecule has 0 fully saturated rings. The molecule has 2 nitrogen and oxygen atoms in total.